The molecule has 0 fully saturated rings. The van der Waals surface area contributed by atoms with Gasteiger partial charge >= 0.3 is 0 Å². The van der Waals surface area contributed by atoms with Crippen molar-refractivity contribution in [1.82, 2.24) is 0 Å². The van der Waals surface area contributed by atoms with Crippen LogP contribution in [-0.2, 0) is 5.41 Å². The van der Waals surface area contributed by atoms with Crippen molar-refractivity contribution in [2.75, 3.05) is 4.90 Å². The SMILES string of the molecule is CC1(C)c2ccc(-c3ccc(N(c4ccc(-c5ccccc5)cc4)c4ccc(-c5cccc6c5oc5ccccc56)cc4)cc3)cc2-c2cc(-c3ccccc3)cc(-c3ccccc3)c21. The number of furan rings is 1. The van der Waals surface area contributed by atoms with Gasteiger partial charge in [0, 0.05) is 38.8 Å². The summed E-state index contributed by atoms with van der Waals surface area (Å²) in [5.41, 5.74) is 22.2. The van der Waals surface area contributed by atoms with E-state index in [1.165, 1.54) is 66.8 Å². The summed E-state index contributed by atoms with van der Waals surface area (Å²) < 4.78 is 6.44. The van der Waals surface area contributed by atoms with Gasteiger partial charge in [0.25, 0.3) is 0 Å². The maximum absolute atomic E-state index is 6.44. The molecule has 12 rings (SSSR count). The molecule has 1 aliphatic rings. The summed E-state index contributed by atoms with van der Waals surface area (Å²) in [5, 5.41) is 2.27. The van der Waals surface area contributed by atoms with Crippen LogP contribution < -0.4 is 4.90 Å². The van der Waals surface area contributed by atoms with E-state index >= 15 is 0 Å². The van der Waals surface area contributed by atoms with E-state index in [2.05, 4.69) is 243 Å². The van der Waals surface area contributed by atoms with Gasteiger partial charge in [-0.3, -0.25) is 0 Å². The zero-order chi connectivity index (χ0) is 43.5. The monoisotopic (exact) mass is 831 g/mol. The van der Waals surface area contributed by atoms with Crippen molar-refractivity contribution < 1.29 is 4.42 Å². The molecule has 65 heavy (non-hydrogen) atoms. The second-order valence-electron chi connectivity index (χ2n) is 17.7. The van der Waals surface area contributed by atoms with E-state index < -0.39 is 0 Å². The lowest BCUT2D eigenvalue weighted by Crippen LogP contribution is -2.16. The number of hydrogen-bond acceptors (Lipinski definition) is 2. The van der Waals surface area contributed by atoms with Crippen LogP contribution >= 0.6 is 0 Å². The van der Waals surface area contributed by atoms with Crippen LogP contribution in [0.2, 0.25) is 0 Å². The first-order valence-electron chi connectivity index (χ1n) is 22.5. The summed E-state index contributed by atoms with van der Waals surface area (Å²) in [4.78, 5) is 2.35. The van der Waals surface area contributed by atoms with Gasteiger partial charge in [0.2, 0.25) is 0 Å². The van der Waals surface area contributed by atoms with Crippen molar-refractivity contribution in [3.63, 3.8) is 0 Å². The van der Waals surface area contributed by atoms with E-state index in [1.54, 1.807) is 0 Å². The predicted molar refractivity (Wildman–Crippen MR) is 273 cm³/mol. The van der Waals surface area contributed by atoms with E-state index in [1.807, 2.05) is 12.1 Å². The minimum absolute atomic E-state index is 0.169. The first kappa shape index (κ1) is 38.5. The van der Waals surface area contributed by atoms with Crippen LogP contribution in [0.5, 0.6) is 0 Å². The number of para-hydroxylation sites is 2. The van der Waals surface area contributed by atoms with Crippen molar-refractivity contribution in [3.05, 3.63) is 248 Å². The highest BCUT2D eigenvalue weighted by Crippen LogP contribution is 2.54. The van der Waals surface area contributed by atoms with Gasteiger partial charge in [0.15, 0.2) is 0 Å². The summed E-state index contributed by atoms with van der Waals surface area (Å²) >= 11 is 0. The maximum atomic E-state index is 6.44. The number of hydrogen-bond donors (Lipinski definition) is 0. The lowest BCUT2D eigenvalue weighted by atomic mass is 9.78. The molecule has 0 saturated heterocycles. The van der Waals surface area contributed by atoms with Gasteiger partial charge in [0.05, 0.1) is 0 Å². The molecule has 0 bridgehead atoms. The van der Waals surface area contributed by atoms with Gasteiger partial charge in [-0.25, -0.2) is 0 Å². The van der Waals surface area contributed by atoms with Gasteiger partial charge in [-0.1, -0.05) is 190 Å². The molecule has 2 heteroatoms. The summed E-state index contributed by atoms with van der Waals surface area (Å²) in [6.07, 6.45) is 0. The molecule has 0 radical (unpaired) electrons. The number of benzene rings is 10. The molecule has 0 atom stereocenters. The molecular formula is C63H45NO. The third kappa shape index (κ3) is 6.65. The van der Waals surface area contributed by atoms with Crippen molar-refractivity contribution >= 4 is 39.0 Å². The molecule has 1 heterocycles. The van der Waals surface area contributed by atoms with E-state index in [-0.39, 0.29) is 5.41 Å². The largest absolute Gasteiger partial charge is 0.455 e. The van der Waals surface area contributed by atoms with Gasteiger partial charge in [-0.2, -0.15) is 0 Å². The van der Waals surface area contributed by atoms with Crippen LogP contribution in [-0.4, -0.2) is 0 Å². The van der Waals surface area contributed by atoms with Crippen molar-refractivity contribution in [1.29, 1.82) is 0 Å². The Balaban J connectivity index is 0.933. The van der Waals surface area contributed by atoms with Gasteiger partial charge in [-0.05, 0) is 133 Å². The summed E-state index contributed by atoms with van der Waals surface area (Å²) in [7, 11) is 0. The number of rotatable bonds is 8. The summed E-state index contributed by atoms with van der Waals surface area (Å²) in [5.74, 6) is 0. The first-order valence-corrected chi connectivity index (χ1v) is 22.5. The second kappa shape index (κ2) is 15.6. The zero-order valence-corrected chi connectivity index (χ0v) is 36.4. The number of fused-ring (bicyclic) bond motifs is 6. The fraction of sp³-hybridized carbons (Fsp3) is 0.0476. The molecule has 0 spiro atoms. The molecule has 10 aromatic carbocycles. The highest BCUT2D eigenvalue weighted by molar-refractivity contribution is 6.09. The Morgan fingerprint density at radius 2 is 0.769 bits per heavy atom. The normalized spacial score (nSPS) is 12.6. The molecule has 11 aromatic rings. The molecule has 0 amide bonds. The Labute approximate surface area is 380 Å². The molecule has 2 nitrogen and oxygen atoms in total. The Kier molecular flexibility index (Phi) is 9.21. The summed E-state index contributed by atoms with van der Waals surface area (Å²) in [6, 6.07) is 85.7. The molecule has 1 aromatic heterocycles. The summed E-state index contributed by atoms with van der Waals surface area (Å²) in [6.45, 7) is 4.76. The van der Waals surface area contributed by atoms with E-state index in [0.717, 1.165) is 50.1 Å². The van der Waals surface area contributed by atoms with Crippen LogP contribution in [0.25, 0.3) is 88.7 Å². The fourth-order valence-corrected chi connectivity index (χ4v) is 10.2. The molecule has 0 aliphatic heterocycles. The average molecular weight is 832 g/mol. The first-order chi connectivity index (χ1) is 32.0. The molecule has 0 N–H and O–H groups in total. The quantitative estimate of drug-likeness (QED) is 0.152. The smallest absolute Gasteiger partial charge is 0.143 e. The lowest BCUT2D eigenvalue weighted by Gasteiger charge is -2.26. The molecule has 308 valence electrons. The highest BCUT2D eigenvalue weighted by Gasteiger charge is 2.38. The zero-order valence-electron chi connectivity index (χ0n) is 36.4. The lowest BCUT2D eigenvalue weighted by molar-refractivity contribution is 0.662. The molecule has 0 unspecified atom stereocenters. The van der Waals surface area contributed by atoms with Gasteiger partial charge in [-0.15, -0.1) is 0 Å². The Morgan fingerprint density at radius 1 is 0.323 bits per heavy atom. The Hall–Kier alpha value is -8.20. The van der Waals surface area contributed by atoms with Crippen molar-refractivity contribution in [2.24, 2.45) is 0 Å². The van der Waals surface area contributed by atoms with Gasteiger partial charge in [0.1, 0.15) is 11.2 Å². The predicted octanol–water partition coefficient (Wildman–Crippen LogP) is 17.7. The highest BCUT2D eigenvalue weighted by atomic mass is 16.3. The van der Waals surface area contributed by atoms with Crippen LogP contribution in [0.4, 0.5) is 17.1 Å². The third-order valence-corrected chi connectivity index (χ3v) is 13.5. The second-order valence-corrected chi connectivity index (χ2v) is 17.7. The van der Waals surface area contributed by atoms with Crippen LogP contribution in [0.15, 0.2) is 241 Å². The van der Waals surface area contributed by atoms with E-state index in [0.29, 0.717) is 0 Å². The van der Waals surface area contributed by atoms with Crippen LogP contribution in [0, 0.1) is 0 Å². The molecule has 1 aliphatic carbocycles. The van der Waals surface area contributed by atoms with Crippen molar-refractivity contribution in [3.8, 4) is 66.8 Å². The topological polar surface area (TPSA) is 16.4 Å². The van der Waals surface area contributed by atoms with Gasteiger partial charge < -0.3 is 9.32 Å². The minimum Gasteiger partial charge on any atom is -0.455 e. The third-order valence-electron chi connectivity index (χ3n) is 13.5. The molecule has 0 saturated carbocycles. The Bertz CT molecular complexity index is 3510. The van der Waals surface area contributed by atoms with Crippen molar-refractivity contribution in [2.45, 2.75) is 19.3 Å². The number of anilines is 3. The standard InChI is InChI=1S/C63H45NO/c1-63(2)59-38-31-48(39-57(59)58-41-49(43-17-8-4-9-18-43)40-56(61(58)63)46-19-10-5-11-20-46)45-27-34-51(35-28-45)64(50-32-25-44(26-33-50)42-15-6-3-7-16-42)52-36-29-47(30-37-52)53-22-14-23-55-54-21-12-13-24-60(54)65-62(53)55/h3-41H,1-2H3. The maximum Gasteiger partial charge on any atom is 0.143 e. The van der Waals surface area contributed by atoms with Crippen LogP contribution in [0.1, 0.15) is 25.0 Å². The fourth-order valence-electron chi connectivity index (χ4n) is 10.2. The van der Waals surface area contributed by atoms with Crippen LogP contribution in [0.3, 0.4) is 0 Å². The van der Waals surface area contributed by atoms with E-state index in [9.17, 15) is 0 Å². The average Bonchev–Trinajstić information content (AvgIpc) is 3.87. The molecular weight excluding hydrogens is 787 g/mol. The number of nitrogens with zero attached hydrogens (tertiary/aromatic N) is 1. The van der Waals surface area contributed by atoms with E-state index in [4.69, 9.17) is 4.42 Å². The minimum atomic E-state index is -0.169. The Morgan fingerprint density at radius 3 is 1.40 bits per heavy atom.